The quantitative estimate of drug-likeness (QED) is 0.864. The summed E-state index contributed by atoms with van der Waals surface area (Å²) in [7, 11) is 0. The van der Waals surface area contributed by atoms with Crippen LogP contribution in [-0.4, -0.2) is 21.3 Å². The Balaban J connectivity index is 2.40. The molecule has 2 heterocycles. The average molecular weight is 264 g/mol. The zero-order chi connectivity index (χ0) is 13.3. The van der Waals surface area contributed by atoms with E-state index in [9.17, 15) is 5.11 Å². The third-order valence-corrected chi connectivity index (χ3v) is 3.20. The summed E-state index contributed by atoms with van der Waals surface area (Å²) in [5.41, 5.74) is 1.40. The fraction of sp³-hybridized carbons (Fsp3) is 0.385. The Labute approximate surface area is 110 Å². The van der Waals surface area contributed by atoms with Gasteiger partial charge in [0.05, 0.1) is 5.69 Å². The number of rotatable bonds is 3. The first-order valence-corrected chi connectivity index (χ1v) is 6.85. The highest BCUT2D eigenvalue weighted by atomic mass is 32.2. The van der Waals surface area contributed by atoms with Crippen molar-refractivity contribution >= 4 is 11.8 Å². The van der Waals surface area contributed by atoms with Gasteiger partial charge in [0.2, 0.25) is 0 Å². The number of nitrogens with zero attached hydrogens (tertiary/aromatic N) is 2. The van der Waals surface area contributed by atoms with Gasteiger partial charge in [-0.05, 0) is 32.2 Å². The molecule has 0 aliphatic carbocycles. The highest BCUT2D eigenvalue weighted by Gasteiger charge is 2.18. The Morgan fingerprint density at radius 3 is 2.56 bits per heavy atom. The number of aryl methyl sites for hydroxylation is 1. The topological polar surface area (TPSA) is 59.2 Å². The number of oxazole rings is 1. The fourth-order valence-corrected chi connectivity index (χ4v) is 2.19. The molecule has 0 atom stereocenters. The monoisotopic (exact) mass is 264 g/mol. The fourth-order valence-electron chi connectivity index (χ4n) is 1.62. The van der Waals surface area contributed by atoms with Crippen molar-refractivity contribution in [3.8, 4) is 11.3 Å². The van der Waals surface area contributed by atoms with Gasteiger partial charge in [-0.25, -0.2) is 4.98 Å². The Kier molecular flexibility index (Phi) is 3.45. The summed E-state index contributed by atoms with van der Waals surface area (Å²) in [4.78, 5) is 8.62. The van der Waals surface area contributed by atoms with Crippen LogP contribution in [0.4, 0.5) is 0 Å². The van der Waals surface area contributed by atoms with Gasteiger partial charge >= 0.3 is 0 Å². The van der Waals surface area contributed by atoms with Crippen molar-refractivity contribution in [3.05, 3.63) is 29.9 Å². The molecular weight excluding hydrogens is 248 g/mol. The van der Waals surface area contributed by atoms with E-state index >= 15 is 0 Å². The van der Waals surface area contributed by atoms with Crippen LogP contribution in [0.15, 0.2) is 27.8 Å². The summed E-state index contributed by atoms with van der Waals surface area (Å²) in [6.45, 7) is 5.24. The number of aromatic nitrogens is 2. The molecule has 0 spiro atoms. The van der Waals surface area contributed by atoms with Gasteiger partial charge in [-0.2, -0.15) is 0 Å². The Hall–Kier alpha value is -1.33. The zero-order valence-electron chi connectivity index (χ0n) is 10.9. The minimum atomic E-state index is -0.930. The van der Waals surface area contributed by atoms with Crippen LogP contribution in [0.25, 0.3) is 11.3 Å². The van der Waals surface area contributed by atoms with Gasteiger partial charge < -0.3 is 9.52 Å². The molecule has 0 aromatic carbocycles. The summed E-state index contributed by atoms with van der Waals surface area (Å²) in [5.74, 6) is 0.640. The summed E-state index contributed by atoms with van der Waals surface area (Å²) >= 11 is 1.51. The highest BCUT2D eigenvalue weighted by molar-refractivity contribution is 7.98. The SMILES string of the molecule is CSc1oc(C)nc1-c1ccc(C(C)(C)O)nc1. The summed E-state index contributed by atoms with van der Waals surface area (Å²) in [5, 5.41) is 10.6. The van der Waals surface area contributed by atoms with E-state index in [0.717, 1.165) is 16.3 Å². The molecule has 2 aromatic rings. The predicted molar refractivity (Wildman–Crippen MR) is 71.5 cm³/mol. The van der Waals surface area contributed by atoms with E-state index in [1.165, 1.54) is 11.8 Å². The molecule has 2 rings (SSSR count). The maximum Gasteiger partial charge on any atom is 0.193 e. The molecule has 0 saturated heterocycles. The molecule has 0 unspecified atom stereocenters. The number of pyridine rings is 1. The second-order valence-corrected chi connectivity index (χ2v) is 5.34. The molecule has 96 valence electrons. The molecule has 2 aromatic heterocycles. The molecular formula is C13H16N2O2S. The zero-order valence-corrected chi connectivity index (χ0v) is 11.7. The van der Waals surface area contributed by atoms with Crippen LogP contribution in [0.1, 0.15) is 25.4 Å². The third-order valence-electron chi connectivity index (χ3n) is 2.55. The first-order valence-electron chi connectivity index (χ1n) is 5.62. The standard InChI is InChI=1S/C13H16N2O2S/c1-8-15-11(12(17-8)18-4)9-5-6-10(14-7-9)13(2,3)16/h5-7,16H,1-4H3. The van der Waals surface area contributed by atoms with E-state index in [2.05, 4.69) is 9.97 Å². The maximum atomic E-state index is 9.85. The van der Waals surface area contributed by atoms with Crippen LogP contribution in [-0.2, 0) is 5.60 Å². The summed E-state index contributed by atoms with van der Waals surface area (Å²) < 4.78 is 5.49. The van der Waals surface area contributed by atoms with Crippen LogP contribution in [0, 0.1) is 6.92 Å². The molecule has 0 bridgehead atoms. The normalized spacial score (nSPS) is 11.8. The lowest BCUT2D eigenvalue weighted by atomic mass is 10.0. The number of hydrogen-bond donors (Lipinski definition) is 1. The summed E-state index contributed by atoms with van der Waals surface area (Å²) in [6.07, 6.45) is 3.66. The average Bonchev–Trinajstić information content (AvgIpc) is 2.69. The number of aliphatic hydroxyl groups is 1. The van der Waals surface area contributed by atoms with E-state index in [-0.39, 0.29) is 0 Å². The predicted octanol–water partition coefficient (Wildman–Crippen LogP) is 2.99. The van der Waals surface area contributed by atoms with Crippen molar-refractivity contribution in [1.82, 2.24) is 9.97 Å². The van der Waals surface area contributed by atoms with Crippen LogP contribution >= 0.6 is 11.8 Å². The van der Waals surface area contributed by atoms with Gasteiger partial charge in [-0.15, -0.1) is 0 Å². The van der Waals surface area contributed by atoms with E-state index in [4.69, 9.17) is 4.42 Å². The smallest absolute Gasteiger partial charge is 0.193 e. The van der Waals surface area contributed by atoms with Crippen LogP contribution in [0.3, 0.4) is 0 Å². The largest absolute Gasteiger partial charge is 0.434 e. The molecule has 5 heteroatoms. The molecule has 0 aliphatic heterocycles. The van der Waals surface area contributed by atoms with Crippen molar-refractivity contribution in [3.63, 3.8) is 0 Å². The molecule has 0 aliphatic rings. The number of thioether (sulfide) groups is 1. The van der Waals surface area contributed by atoms with Gasteiger partial charge in [0.1, 0.15) is 11.3 Å². The number of hydrogen-bond acceptors (Lipinski definition) is 5. The van der Waals surface area contributed by atoms with Crippen LogP contribution in [0.2, 0.25) is 0 Å². The van der Waals surface area contributed by atoms with Crippen molar-refractivity contribution in [2.45, 2.75) is 31.5 Å². The van der Waals surface area contributed by atoms with E-state index in [1.54, 1.807) is 20.0 Å². The van der Waals surface area contributed by atoms with Crippen molar-refractivity contribution in [2.24, 2.45) is 0 Å². The second-order valence-electron chi connectivity index (χ2n) is 4.56. The summed E-state index contributed by atoms with van der Waals surface area (Å²) in [6, 6.07) is 3.71. The van der Waals surface area contributed by atoms with Gasteiger partial charge in [-0.3, -0.25) is 4.98 Å². The van der Waals surface area contributed by atoms with Crippen molar-refractivity contribution in [2.75, 3.05) is 6.26 Å². The molecule has 1 N–H and O–H groups in total. The maximum absolute atomic E-state index is 9.85. The minimum Gasteiger partial charge on any atom is -0.434 e. The van der Waals surface area contributed by atoms with E-state index in [0.29, 0.717) is 11.6 Å². The van der Waals surface area contributed by atoms with Crippen LogP contribution in [0.5, 0.6) is 0 Å². The minimum absolute atomic E-state index is 0.636. The molecule has 4 nitrogen and oxygen atoms in total. The van der Waals surface area contributed by atoms with Crippen LogP contribution < -0.4 is 0 Å². The third kappa shape index (κ3) is 2.57. The highest BCUT2D eigenvalue weighted by Crippen LogP contribution is 2.30. The molecule has 0 radical (unpaired) electrons. The molecule has 0 amide bonds. The van der Waals surface area contributed by atoms with Gasteiger partial charge in [-0.1, -0.05) is 11.8 Å². The first-order chi connectivity index (χ1) is 8.41. The lowest BCUT2D eigenvalue weighted by molar-refractivity contribution is 0.0739. The molecule has 0 saturated carbocycles. The lowest BCUT2D eigenvalue weighted by Gasteiger charge is -2.16. The van der Waals surface area contributed by atoms with E-state index in [1.807, 2.05) is 25.3 Å². The Morgan fingerprint density at radius 1 is 1.33 bits per heavy atom. The van der Waals surface area contributed by atoms with Crippen molar-refractivity contribution < 1.29 is 9.52 Å². The molecule has 18 heavy (non-hydrogen) atoms. The van der Waals surface area contributed by atoms with Gasteiger partial charge in [0, 0.05) is 18.7 Å². The Morgan fingerprint density at radius 2 is 2.06 bits per heavy atom. The lowest BCUT2D eigenvalue weighted by Crippen LogP contribution is -2.17. The Bertz CT molecular complexity index is 541. The first kappa shape index (κ1) is 13.1. The van der Waals surface area contributed by atoms with Gasteiger partial charge in [0.25, 0.3) is 0 Å². The second kappa shape index (κ2) is 4.74. The van der Waals surface area contributed by atoms with Gasteiger partial charge in [0.15, 0.2) is 11.0 Å². The van der Waals surface area contributed by atoms with Crippen molar-refractivity contribution in [1.29, 1.82) is 0 Å². The van der Waals surface area contributed by atoms with E-state index < -0.39 is 5.60 Å². The molecule has 0 fully saturated rings.